The Morgan fingerprint density at radius 1 is 0.952 bits per heavy atom. The Morgan fingerprint density at radius 2 is 1.62 bits per heavy atom. The average Bonchev–Trinajstić information content (AvgIpc) is 2.50. The molecule has 0 spiro atoms. The van der Waals surface area contributed by atoms with Crippen LogP contribution in [0.3, 0.4) is 0 Å². The maximum Gasteiger partial charge on any atom is 0.252 e. The molecule has 0 bridgehead atoms. The van der Waals surface area contributed by atoms with E-state index in [0.29, 0.717) is 6.73 Å². The molecule has 0 amide bonds. The minimum atomic E-state index is 0.684. The zero-order chi connectivity index (χ0) is 15.3. The number of nitrogens with zero attached hydrogens (tertiary/aromatic N) is 1. The highest BCUT2D eigenvalue weighted by Gasteiger charge is 2.04. The summed E-state index contributed by atoms with van der Waals surface area (Å²) in [5, 5.41) is 0. The highest BCUT2D eigenvalue weighted by atomic mass is 16.5. The van der Waals surface area contributed by atoms with E-state index in [4.69, 9.17) is 4.74 Å². The number of aromatic nitrogens is 1. The molecule has 0 aliphatic carbocycles. The Bertz CT molecular complexity index is 376. The van der Waals surface area contributed by atoms with Gasteiger partial charge in [-0.15, -0.1) is 0 Å². The van der Waals surface area contributed by atoms with Gasteiger partial charge < -0.3 is 4.74 Å². The van der Waals surface area contributed by atoms with Gasteiger partial charge in [0.05, 0.1) is 6.61 Å². The summed E-state index contributed by atoms with van der Waals surface area (Å²) in [6.07, 6.45) is 16.2. The molecule has 2 heteroatoms. The van der Waals surface area contributed by atoms with Crippen molar-refractivity contribution in [2.45, 2.75) is 85.3 Å². The van der Waals surface area contributed by atoms with Crippen LogP contribution >= 0.6 is 0 Å². The largest absolute Gasteiger partial charge is 0.323 e. The second-order valence-corrected chi connectivity index (χ2v) is 6.03. The Hall–Kier alpha value is -0.890. The quantitative estimate of drug-likeness (QED) is 0.392. The predicted octanol–water partition coefficient (Wildman–Crippen LogP) is 4.96. The lowest BCUT2D eigenvalue weighted by molar-refractivity contribution is -0.733. The minimum absolute atomic E-state index is 0.684. The molecule has 0 aliphatic rings. The van der Waals surface area contributed by atoms with E-state index in [1.165, 1.54) is 62.5 Å². The van der Waals surface area contributed by atoms with E-state index in [-0.39, 0.29) is 0 Å². The Kier molecular flexibility index (Phi) is 10.1. The Morgan fingerprint density at radius 3 is 2.29 bits per heavy atom. The zero-order valence-electron chi connectivity index (χ0n) is 14.4. The van der Waals surface area contributed by atoms with Crippen molar-refractivity contribution in [3.05, 3.63) is 29.6 Å². The van der Waals surface area contributed by atoms with Gasteiger partial charge in [-0.25, -0.2) is 0 Å². The fourth-order valence-corrected chi connectivity index (χ4v) is 2.62. The Labute approximate surface area is 131 Å². The molecule has 0 atom stereocenters. The molecular formula is C19H34NO+. The molecule has 1 aromatic heterocycles. The van der Waals surface area contributed by atoms with Gasteiger partial charge in [0.25, 0.3) is 6.73 Å². The number of hydrogen-bond acceptors (Lipinski definition) is 1. The summed E-state index contributed by atoms with van der Waals surface area (Å²) in [5.74, 6) is 0. The van der Waals surface area contributed by atoms with Crippen molar-refractivity contribution in [3.63, 3.8) is 0 Å². The lowest BCUT2D eigenvalue weighted by Crippen LogP contribution is -2.35. The van der Waals surface area contributed by atoms with Crippen LogP contribution in [0.15, 0.2) is 18.5 Å². The standard InChI is InChI=1S/C19H34NO/c1-4-6-7-8-9-10-11-12-15-21-17-20-14-13-18(3)19(5-2)16-20/h13-14,16H,4-12,15,17H2,1-3H3/q+1. The maximum atomic E-state index is 5.77. The normalized spacial score (nSPS) is 11.0. The van der Waals surface area contributed by atoms with Crippen LogP contribution in [-0.2, 0) is 17.9 Å². The molecule has 0 radical (unpaired) electrons. The molecule has 0 N–H and O–H groups in total. The van der Waals surface area contributed by atoms with Gasteiger partial charge in [-0.3, -0.25) is 0 Å². The molecular weight excluding hydrogens is 258 g/mol. The highest BCUT2D eigenvalue weighted by molar-refractivity contribution is 5.18. The lowest BCUT2D eigenvalue weighted by atomic mass is 10.1. The first-order chi connectivity index (χ1) is 10.3. The second-order valence-electron chi connectivity index (χ2n) is 6.03. The van der Waals surface area contributed by atoms with Crippen LogP contribution in [0.25, 0.3) is 0 Å². The summed E-state index contributed by atoms with van der Waals surface area (Å²) >= 11 is 0. The number of hydrogen-bond donors (Lipinski definition) is 0. The molecule has 0 aromatic carbocycles. The van der Waals surface area contributed by atoms with Crippen molar-refractivity contribution in [2.75, 3.05) is 6.61 Å². The van der Waals surface area contributed by atoms with Gasteiger partial charge in [0.2, 0.25) is 0 Å². The van der Waals surface area contributed by atoms with Crippen molar-refractivity contribution >= 4 is 0 Å². The highest BCUT2D eigenvalue weighted by Crippen LogP contribution is 2.08. The van der Waals surface area contributed by atoms with E-state index in [2.05, 4.69) is 43.8 Å². The van der Waals surface area contributed by atoms with Gasteiger partial charge in [-0.1, -0.05) is 58.8 Å². The molecule has 0 saturated carbocycles. The first-order valence-electron chi connectivity index (χ1n) is 8.84. The topological polar surface area (TPSA) is 13.1 Å². The van der Waals surface area contributed by atoms with Crippen LogP contribution in [0.4, 0.5) is 0 Å². The molecule has 0 aliphatic heterocycles. The maximum absolute atomic E-state index is 5.77. The van der Waals surface area contributed by atoms with Gasteiger partial charge in [0, 0.05) is 11.6 Å². The van der Waals surface area contributed by atoms with E-state index >= 15 is 0 Å². The number of rotatable bonds is 12. The van der Waals surface area contributed by atoms with Gasteiger partial charge in [0.1, 0.15) is 0 Å². The summed E-state index contributed by atoms with van der Waals surface area (Å²) in [4.78, 5) is 0. The van der Waals surface area contributed by atoms with E-state index in [1.807, 2.05) is 0 Å². The van der Waals surface area contributed by atoms with E-state index in [9.17, 15) is 0 Å². The molecule has 0 unspecified atom stereocenters. The first-order valence-corrected chi connectivity index (χ1v) is 8.84. The second kappa shape index (κ2) is 11.7. The fraction of sp³-hybridized carbons (Fsp3) is 0.737. The van der Waals surface area contributed by atoms with E-state index < -0.39 is 0 Å². The third-order valence-corrected chi connectivity index (χ3v) is 4.11. The summed E-state index contributed by atoms with van der Waals surface area (Å²) in [7, 11) is 0. The number of pyridine rings is 1. The summed E-state index contributed by atoms with van der Waals surface area (Å²) in [6.45, 7) is 8.21. The molecule has 1 rings (SSSR count). The first kappa shape index (κ1) is 18.2. The van der Waals surface area contributed by atoms with Gasteiger partial charge in [-0.2, -0.15) is 4.57 Å². The van der Waals surface area contributed by atoms with Crippen LogP contribution in [0.1, 0.15) is 76.3 Å². The third-order valence-electron chi connectivity index (χ3n) is 4.11. The van der Waals surface area contributed by atoms with E-state index in [0.717, 1.165) is 13.0 Å². The smallest absolute Gasteiger partial charge is 0.252 e. The van der Waals surface area contributed by atoms with Crippen molar-refractivity contribution in [1.82, 2.24) is 0 Å². The van der Waals surface area contributed by atoms with Crippen molar-refractivity contribution < 1.29 is 9.30 Å². The molecule has 21 heavy (non-hydrogen) atoms. The third kappa shape index (κ3) is 8.21. The lowest BCUT2D eigenvalue weighted by Gasteiger charge is -2.04. The summed E-state index contributed by atoms with van der Waals surface area (Å²) in [5.41, 5.74) is 2.78. The predicted molar refractivity (Wildman–Crippen MR) is 89.3 cm³/mol. The van der Waals surface area contributed by atoms with Crippen molar-refractivity contribution in [1.29, 1.82) is 0 Å². The average molecular weight is 292 g/mol. The fourth-order valence-electron chi connectivity index (χ4n) is 2.62. The minimum Gasteiger partial charge on any atom is -0.323 e. The summed E-state index contributed by atoms with van der Waals surface area (Å²) < 4.78 is 7.92. The van der Waals surface area contributed by atoms with Crippen LogP contribution in [0.5, 0.6) is 0 Å². The van der Waals surface area contributed by atoms with Crippen LogP contribution in [0.2, 0.25) is 0 Å². The molecule has 0 fully saturated rings. The monoisotopic (exact) mass is 292 g/mol. The molecule has 2 nitrogen and oxygen atoms in total. The number of unbranched alkanes of at least 4 members (excludes halogenated alkanes) is 7. The SMILES string of the molecule is CCCCCCCCCCOC[n+]1ccc(C)c(CC)c1. The molecule has 120 valence electrons. The van der Waals surface area contributed by atoms with Gasteiger partial charge in [0.15, 0.2) is 12.4 Å². The van der Waals surface area contributed by atoms with Crippen molar-refractivity contribution in [3.8, 4) is 0 Å². The number of ether oxygens (including phenoxy) is 1. The van der Waals surface area contributed by atoms with Gasteiger partial charge >= 0.3 is 0 Å². The Balaban J connectivity index is 2.01. The zero-order valence-corrected chi connectivity index (χ0v) is 14.4. The van der Waals surface area contributed by atoms with Crippen molar-refractivity contribution in [2.24, 2.45) is 0 Å². The summed E-state index contributed by atoms with van der Waals surface area (Å²) in [6, 6.07) is 2.18. The number of aryl methyl sites for hydroxylation is 2. The van der Waals surface area contributed by atoms with Crippen LogP contribution < -0.4 is 4.57 Å². The van der Waals surface area contributed by atoms with E-state index in [1.54, 1.807) is 0 Å². The van der Waals surface area contributed by atoms with Crippen LogP contribution in [0, 0.1) is 6.92 Å². The molecule has 1 heterocycles. The van der Waals surface area contributed by atoms with Gasteiger partial charge in [-0.05, 0) is 25.3 Å². The molecule has 1 aromatic rings. The van der Waals surface area contributed by atoms with Crippen LogP contribution in [-0.4, -0.2) is 6.61 Å². The molecule has 0 saturated heterocycles.